The van der Waals surface area contributed by atoms with Gasteiger partial charge >= 0.3 is 0 Å². The molecule has 24 heavy (non-hydrogen) atoms. The lowest BCUT2D eigenvalue weighted by atomic mass is 10.1. The van der Waals surface area contributed by atoms with Gasteiger partial charge in [0.15, 0.2) is 0 Å². The number of nitrogens with zero attached hydrogens (tertiary/aromatic N) is 1. The quantitative estimate of drug-likeness (QED) is 0.745. The molecule has 0 N–H and O–H groups in total. The van der Waals surface area contributed by atoms with Crippen LogP contribution in [0, 0.1) is 6.92 Å². The lowest BCUT2D eigenvalue weighted by molar-refractivity contribution is -0.130. The maximum absolute atomic E-state index is 12.2. The fourth-order valence-corrected chi connectivity index (χ4v) is 2.40. The van der Waals surface area contributed by atoms with E-state index in [1.54, 1.807) is 12.0 Å². The normalized spacial score (nSPS) is 10.3. The van der Waals surface area contributed by atoms with Gasteiger partial charge in [-0.3, -0.25) is 4.79 Å². The van der Waals surface area contributed by atoms with Gasteiger partial charge in [0.25, 0.3) is 0 Å². The van der Waals surface area contributed by atoms with Gasteiger partial charge in [0.2, 0.25) is 5.91 Å². The molecule has 0 aliphatic carbocycles. The third-order valence-corrected chi connectivity index (χ3v) is 3.94. The van der Waals surface area contributed by atoms with Crippen LogP contribution in [0.4, 0.5) is 0 Å². The zero-order valence-electron chi connectivity index (χ0n) is 14.6. The number of carbonyl (C=O) groups is 1. The molecule has 2 aromatic carbocycles. The molecule has 2 aromatic rings. The zero-order chi connectivity index (χ0) is 17.4. The predicted octanol–water partition coefficient (Wildman–Crippen LogP) is 3.47. The Labute approximate surface area is 144 Å². The Morgan fingerprint density at radius 1 is 1.08 bits per heavy atom. The fourth-order valence-electron chi connectivity index (χ4n) is 2.40. The summed E-state index contributed by atoms with van der Waals surface area (Å²) in [5, 5.41) is 0. The zero-order valence-corrected chi connectivity index (χ0v) is 14.6. The minimum absolute atomic E-state index is 0.105. The van der Waals surface area contributed by atoms with E-state index in [4.69, 9.17) is 9.47 Å². The molecular weight excluding hydrogens is 302 g/mol. The van der Waals surface area contributed by atoms with Crippen LogP contribution in [-0.2, 0) is 11.2 Å². The van der Waals surface area contributed by atoms with Crippen molar-refractivity contribution in [2.45, 2.75) is 19.8 Å². The molecule has 128 valence electrons. The van der Waals surface area contributed by atoms with E-state index in [-0.39, 0.29) is 5.91 Å². The molecule has 0 saturated heterocycles. The smallest absolute Gasteiger partial charge is 0.222 e. The number of hydrogen-bond acceptors (Lipinski definition) is 3. The Bertz CT molecular complexity index is 652. The summed E-state index contributed by atoms with van der Waals surface area (Å²) in [5.41, 5.74) is 2.25. The van der Waals surface area contributed by atoms with E-state index < -0.39 is 0 Å². The average molecular weight is 327 g/mol. The van der Waals surface area contributed by atoms with Gasteiger partial charge < -0.3 is 14.4 Å². The Balaban J connectivity index is 1.74. The van der Waals surface area contributed by atoms with E-state index in [0.717, 1.165) is 17.1 Å². The van der Waals surface area contributed by atoms with Crippen LogP contribution < -0.4 is 9.47 Å². The first-order chi connectivity index (χ1) is 11.6. The number of para-hydroxylation sites is 1. The number of amides is 1. The van der Waals surface area contributed by atoms with Crippen LogP contribution in [0.3, 0.4) is 0 Å². The van der Waals surface area contributed by atoms with Gasteiger partial charge in [0, 0.05) is 13.5 Å². The summed E-state index contributed by atoms with van der Waals surface area (Å²) in [6.07, 6.45) is 1.13. The van der Waals surface area contributed by atoms with Crippen LogP contribution >= 0.6 is 0 Å². The van der Waals surface area contributed by atoms with E-state index in [9.17, 15) is 4.79 Å². The van der Waals surface area contributed by atoms with Crippen molar-refractivity contribution in [3.8, 4) is 11.5 Å². The molecule has 0 fully saturated rings. The number of carbonyl (C=O) groups excluding carboxylic acids is 1. The highest BCUT2D eigenvalue weighted by molar-refractivity contribution is 5.76. The first-order valence-corrected chi connectivity index (χ1v) is 8.15. The number of methoxy groups -OCH3 is 1. The lowest BCUT2D eigenvalue weighted by Gasteiger charge is -2.18. The van der Waals surface area contributed by atoms with Crippen LogP contribution in [0.5, 0.6) is 11.5 Å². The van der Waals surface area contributed by atoms with Crippen molar-refractivity contribution in [3.63, 3.8) is 0 Å². The van der Waals surface area contributed by atoms with Crippen LogP contribution in [0.2, 0.25) is 0 Å². The average Bonchev–Trinajstić information content (AvgIpc) is 2.61. The Kier molecular flexibility index (Phi) is 6.67. The largest absolute Gasteiger partial charge is 0.496 e. The summed E-state index contributed by atoms with van der Waals surface area (Å²) in [4.78, 5) is 13.9. The summed E-state index contributed by atoms with van der Waals surface area (Å²) in [6.45, 7) is 3.09. The fraction of sp³-hybridized carbons (Fsp3) is 0.350. The van der Waals surface area contributed by atoms with Crippen molar-refractivity contribution in [3.05, 3.63) is 59.7 Å². The van der Waals surface area contributed by atoms with Crippen molar-refractivity contribution in [1.82, 2.24) is 4.90 Å². The second kappa shape index (κ2) is 8.96. The molecule has 0 spiro atoms. The molecule has 0 saturated carbocycles. The van der Waals surface area contributed by atoms with Gasteiger partial charge in [0.05, 0.1) is 13.7 Å². The second-order valence-electron chi connectivity index (χ2n) is 5.79. The maximum Gasteiger partial charge on any atom is 0.222 e. The molecule has 0 radical (unpaired) electrons. The van der Waals surface area contributed by atoms with Gasteiger partial charge in [-0.1, -0.05) is 35.9 Å². The molecule has 0 unspecified atom stereocenters. The molecule has 0 aliphatic rings. The van der Waals surface area contributed by atoms with Crippen molar-refractivity contribution in [2.24, 2.45) is 0 Å². The van der Waals surface area contributed by atoms with E-state index >= 15 is 0 Å². The summed E-state index contributed by atoms with van der Waals surface area (Å²) < 4.78 is 11.0. The van der Waals surface area contributed by atoms with E-state index in [2.05, 4.69) is 0 Å². The van der Waals surface area contributed by atoms with Gasteiger partial charge in [-0.05, 0) is 37.1 Å². The predicted molar refractivity (Wildman–Crippen MR) is 95.6 cm³/mol. The van der Waals surface area contributed by atoms with Gasteiger partial charge in [-0.15, -0.1) is 0 Å². The van der Waals surface area contributed by atoms with Crippen LogP contribution in [0.1, 0.15) is 17.5 Å². The molecule has 2 rings (SSSR count). The van der Waals surface area contributed by atoms with Crippen LogP contribution in [0.25, 0.3) is 0 Å². The van der Waals surface area contributed by atoms with Crippen LogP contribution in [-0.4, -0.2) is 38.1 Å². The number of ether oxygens (including phenoxy) is 2. The highest BCUT2D eigenvalue weighted by atomic mass is 16.5. The number of hydrogen-bond donors (Lipinski definition) is 0. The van der Waals surface area contributed by atoms with Crippen LogP contribution in [0.15, 0.2) is 48.5 Å². The number of likely N-dealkylation sites (N-methyl/N-ethyl adjacent to an activating group) is 1. The van der Waals surface area contributed by atoms with E-state index in [0.29, 0.717) is 26.0 Å². The Morgan fingerprint density at radius 3 is 2.50 bits per heavy atom. The first-order valence-electron chi connectivity index (χ1n) is 8.15. The maximum atomic E-state index is 12.2. The third kappa shape index (κ3) is 5.30. The third-order valence-electron chi connectivity index (χ3n) is 3.94. The highest BCUT2D eigenvalue weighted by Crippen LogP contribution is 2.19. The molecule has 4 nitrogen and oxygen atoms in total. The SMILES string of the molecule is COc1ccccc1CCC(=O)N(C)CCOc1ccc(C)cc1. The minimum Gasteiger partial charge on any atom is -0.496 e. The molecule has 0 bridgehead atoms. The summed E-state index contributed by atoms with van der Waals surface area (Å²) in [5.74, 6) is 1.76. The molecule has 4 heteroatoms. The van der Waals surface area contributed by atoms with Gasteiger partial charge in [0.1, 0.15) is 18.1 Å². The topological polar surface area (TPSA) is 38.8 Å². The number of benzene rings is 2. The Hall–Kier alpha value is -2.49. The summed E-state index contributed by atoms with van der Waals surface area (Å²) in [6, 6.07) is 15.7. The van der Waals surface area contributed by atoms with Gasteiger partial charge in [-0.2, -0.15) is 0 Å². The first kappa shape index (κ1) is 17.9. The molecule has 1 amide bonds. The Morgan fingerprint density at radius 2 is 1.79 bits per heavy atom. The second-order valence-corrected chi connectivity index (χ2v) is 5.79. The van der Waals surface area contributed by atoms with Crippen molar-refractivity contribution >= 4 is 5.91 Å². The summed E-state index contributed by atoms with van der Waals surface area (Å²) in [7, 11) is 3.46. The summed E-state index contributed by atoms with van der Waals surface area (Å²) >= 11 is 0. The van der Waals surface area contributed by atoms with Gasteiger partial charge in [-0.25, -0.2) is 0 Å². The van der Waals surface area contributed by atoms with E-state index in [1.807, 2.05) is 62.5 Å². The van der Waals surface area contributed by atoms with Crippen molar-refractivity contribution in [2.75, 3.05) is 27.3 Å². The number of aryl methyl sites for hydroxylation is 2. The molecule has 0 aliphatic heterocycles. The monoisotopic (exact) mass is 327 g/mol. The standard InChI is InChI=1S/C20H25NO3/c1-16-8-11-18(12-9-16)24-15-14-21(2)20(22)13-10-17-6-4-5-7-19(17)23-3/h4-9,11-12H,10,13-15H2,1-3H3. The number of rotatable bonds is 8. The molecule has 0 heterocycles. The highest BCUT2D eigenvalue weighted by Gasteiger charge is 2.10. The molecular formula is C20H25NO3. The molecule has 0 atom stereocenters. The van der Waals surface area contributed by atoms with E-state index in [1.165, 1.54) is 5.56 Å². The molecule has 0 aromatic heterocycles. The lowest BCUT2D eigenvalue weighted by Crippen LogP contribution is -2.31. The van der Waals surface area contributed by atoms with Crippen molar-refractivity contribution in [1.29, 1.82) is 0 Å². The minimum atomic E-state index is 0.105. The van der Waals surface area contributed by atoms with Crippen molar-refractivity contribution < 1.29 is 14.3 Å².